The Hall–Kier alpha value is -0.120. The minimum absolute atomic E-state index is 0.214. The second kappa shape index (κ2) is 7.53. The summed E-state index contributed by atoms with van der Waals surface area (Å²) in [6.07, 6.45) is 0.214. The molecule has 0 aliphatic rings. The number of hydrogen-bond acceptors (Lipinski definition) is 3. The molecule has 74 valence electrons. The first-order chi connectivity index (χ1) is 5.76. The molecule has 0 aromatic carbocycles. The number of ether oxygens (including phenoxy) is 2. The molecular weight excluding hydrogens is 154 g/mol. The summed E-state index contributed by atoms with van der Waals surface area (Å²) in [6, 6.07) is 0.296. The highest BCUT2D eigenvalue weighted by Gasteiger charge is 2.14. The van der Waals surface area contributed by atoms with Crippen LogP contribution in [0.15, 0.2) is 0 Å². The summed E-state index contributed by atoms with van der Waals surface area (Å²) in [5.41, 5.74) is 0. The Labute approximate surface area is 75.4 Å². The summed E-state index contributed by atoms with van der Waals surface area (Å²) in [5.74, 6) is 0. The zero-order chi connectivity index (χ0) is 9.40. The highest BCUT2D eigenvalue weighted by Crippen LogP contribution is 1.98. The van der Waals surface area contributed by atoms with Gasteiger partial charge >= 0.3 is 0 Å². The van der Waals surface area contributed by atoms with Crippen molar-refractivity contribution in [1.82, 2.24) is 5.32 Å². The molecule has 3 nitrogen and oxygen atoms in total. The van der Waals surface area contributed by atoms with E-state index in [9.17, 15) is 0 Å². The van der Waals surface area contributed by atoms with Gasteiger partial charge in [0.25, 0.3) is 0 Å². The van der Waals surface area contributed by atoms with Crippen molar-refractivity contribution in [3.8, 4) is 0 Å². The van der Waals surface area contributed by atoms with E-state index in [-0.39, 0.29) is 6.10 Å². The Bertz CT molecular complexity index is 98.5. The number of rotatable bonds is 7. The molecule has 0 amide bonds. The highest BCUT2D eigenvalue weighted by atomic mass is 16.5. The van der Waals surface area contributed by atoms with Crippen molar-refractivity contribution in [1.29, 1.82) is 0 Å². The van der Waals surface area contributed by atoms with Gasteiger partial charge in [-0.15, -0.1) is 0 Å². The molecule has 0 aliphatic heterocycles. The van der Waals surface area contributed by atoms with Crippen LogP contribution in [0.2, 0.25) is 0 Å². The van der Waals surface area contributed by atoms with Gasteiger partial charge in [0.05, 0.1) is 18.8 Å². The van der Waals surface area contributed by atoms with E-state index in [1.165, 1.54) is 0 Å². The van der Waals surface area contributed by atoms with Crippen LogP contribution in [0.25, 0.3) is 0 Å². The van der Waals surface area contributed by atoms with E-state index >= 15 is 0 Å². The van der Waals surface area contributed by atoms with Gasteiger partial charge in [-0.3, -0.25) is 0 Å². The lowest BCUT2D eigenvalue weighted by Crippen LogP contribution is -2.41. The van der Waals surface area contributed by atoms with Crippen molar-refractivity contribution < 1.29 is 9.47 Å². The Balaban J connectivity index is 3.62. The Morgan fingerprint density at radius 2 is 1.92 bits per heavy atom. The van der Waals surface area contributed by atoms with Crippen molar-refractivity contribution >= 4 is 0 Å². The van der Waals surface area contributed by atoms with Crippen LogP contribution in [0.5, 0.6) is 0 Å². The molecule has 0 bridgehead atoms. The summed E-state index contributed by atoms with van der Waals surface area (Å²) in [6.45, 7) is 8.29. The van der Waals surface area contributed by atoms with E-state index in [2.05, 4.69) is 12.2 Å². The van der Waals surface area contributed by atoms with Gasteiger partial charge in [-0.05, 0) is 27.8 Å². The molecule has 2 atom stereocenters. The quantitative estimate of drug-likeness (QED) is 0.627. The molecule has 0 spiro atoms. The molecule has 12 heavy (non-hydrogen) atoms. The van der Waals surface area contributed by atoms with Gasteiger partial charge in [0.1, 0.15) is 0 Å². The molecule has 0 aliphatic carbocycles. The van der Waals surface area contributed by atoms with Crippen LogP contribution in [-0.2, 0) is 9.47 Å². The third kappa shape index (κ3) is 4.70. The lowest BCUT2D eigenvalue weighted by atomic mass is 10.2. The first-order valence-electron chi connectivity index (χ1n) is 4.62. The normalized spacial score (nSPS) is 16.0. The maximum atomic E-state index is 5.45. The molecule has 1 N–H and O–H groups in total. The second-order valence-corrected chi connectivity index (χ2v) is 2.72. The SMILES string of the molecule is CCOCC(NC)C(C)OCC. The van der Waals surface area contributed by atoms with Crippen molar-refractivity contribution in [3.05, 3.63) is 0 Å². The maximum Gasteiger partial charge on any atom is 0.0722 e. The predicted octanol–water partition coefficient (Wildman–Crippen LogP) is 1.04. The van der Waals surface area contributed by atoms with Gasteiger partial charge in [0.15, 0.2) is 0 Å². The molecule has 0 aromatic heterocycles. The largest absolute Gasteiger partial charge is 0.380 e. The topological polar surface area (TPSA) is 30.5 Å². The summed E-state index contributed by atoms with van der Waals surface area (Å²) in [4.78, 5) is 0. The molecule has 3 heteroatoms. The molecule has 0 saturated heterocycles. The number of nitrogens with one attached hydrogen (secondary N) is 1. The number of hydrogen-bond donors (Lipinski definition) is 1. The third-order valence-corrected chi connectivity index (χ3v) is 1.87. The van der Waals surface area contributed by atoms with E-state index < -0.39 is 0 Å². The van der Waals surface area contributed by atoms with Crippen molar-refractivity contribution in [2.75, 3.05) is 26.9 Å². The third-order valence-electron chi connectivity index (χ3n) is 1.87. The van der Waals surface area contributed by atoms with Crippen LogP contribution >= 0.6 is 0 Å². The average molecular weight is 175 g/mol. The van der Waals surface area contributed by atoms with E-state index in [0.29, 0.717) is 12.6 Å². The zero-order valence-electron chi connectivity index (χ0n) is 8.59. The molecule has 0 radical (unpaired) electrons. The monoisotopic (exact) mass is 175 g/mol. The Kier molecular flexibility index (Phi) is 7.45. The van der Waals surface area contributed by atoms with Crippen LogP contribution in [0.3, 0.4) is 0 Å². The Morgan fingerprint density at radius 3 is 2.33 bits per heavy atom. The van der Waals surface area contributed by atoms with Crippen LogP contribution in [0.4, 0.5) is 0 Å². The molecule has 0 fully saturated rings. The van der Waals surface area contributed by atoms with Gasteiger partial charge in [0.2, 0.25) is 0 Å². The van der Waals surface area contributed by atoms with E-state index in [4.69, 9.17) is 9.47 Å². The Morgan fingerprint density at radius 1 is 1.25 bits per heavy atom. The molecule has 0 rings (SSSR count). The summed E-state index contributed by atoms with van der Waals surface area (Å²) in [5, 5.41) is 3.17. The van der Waals surface area contributed by atoms with Gasteiger partial charge in [-0.1, -0.05) is 0 Å². The fourth-order valence-electron chi connectivity index (χ4n) is 1.08. The predicted molar refractivity (Wildman–Crippen MR) is 50.4 cm³/mol. The van der Waals surface area contributed by atoms with Gasteiger partial charge in [-0.2, -0.15) is 0 Å². The first-order valence-corrected chi connectivity index (χ1v) is 4.62. The van der Waals surface area contributed by atoms with Gasteiger partial charge < -0.3 is 14.8 Å². The average Bonchev–Trinajstić information content (AvgIpc) is 2.06. The zero-order valence-corrected chi connectivity index (χ0v) is 8.59. The van der Waals surface area contributed by atoms with Crippen molar-refractivity contribution in [2.45, 2.75) is 32.9 Å². The van der Waals surface area contributed by atoms with Crippen LogP contribution in [-0.4, -0.2) is 39.0 Å². The number of likely N-dealkylation sites (N-methyl/N-ethyl adjacent to an activating group) is 1. The molecule has 0 aromatic rings. The summed E-state index contributed by atoms with van der Waals surface area (Å²) in [7, 11) is 1.93. The van der Waals surface area contributed by atoms with Gasteiger partial charge in [0, 0.05) is 13.2 Å². The fraction of sp³-hybridized carbons (Fsp3) is 1.00. The fourth-order valence-corrected chi connectivity index (χ4v) is 1.08. The first kappa shape index (κ1) is 11.9. The lowest BCUT2D eigenvalue weighted by molar-refractivity contribution is 0.0150. The standard InChI is InChI=1S/C9H21NO2/c1-5-11-7-9(10-4)8(3)12-6-2/h8-10H,5-7H2,1-4H3. The highest BCUT2D eigenvalue weighted by molar-refractivity contribution is 4.71. The van der Waals surface area contributed by atoms with E-state index in [0.717, 1.165) is 13.2 Å². The minimum Gasteiger partial charge on any atom is -0.380 e. The smallest absolute Gasteiger partial charge is 0.0722 e. The van der Waals surface area contributed by atoms with Crippen molar-refractivity contribution in [3.63, 3.8) is 0 Å². The molecule has 2 unspecified atom stereocenters. The van der Waals surface area contributed by atoms with Gasteiger partial charge in [-0.25, -0.2) is 0 Å². The van der Waals surface area contributed by atoms with Crippen LogP contribution in [0.1, 0.15) is 20.8 Å². The maximum absolute atomic E-state index is 5.45. The minimum atomic E-state index is 0.214. The van der Waals surface area contributed by atoms with Crippen molar-refractivity contribution in [2.24, 2.45) is 0 Å². The molecule has 0 heterocycles. The lowest BCUT2D eigenvalue weighted by Gasteiger charge is -2.22. The van der Waals surface area contributed by atoms with Crippen LogP contribution in [0, 0.1) is 0 Å². The van der Waals surface area contributed by atoms with Crippen LogP contribution < -0.4 is 5.32 Å². The van der Waals surface area contributed by atoms with E-state index in [1.807, 2.05) is 20.9 Å². The van der Waals surface area contributed by atoms with E-state index in [1.54, 1.807) is 0 Å². The molecule has 0 saturated carbocycles. The molecular formula is C9H21NO2. The summed E-state index contributed by atoms with van der Waals surface area (Å²) >= 11 is 0. The second-order valence-electron chi connectivity index (χ2n) is 2.72. The summed E-state index contributed by atoms with van der Waals surface area (Å²) < 4.78 is 10.8.